The van der Waals surface area contributed by atoms with Crippen LogP contribution in [-0.2, 0) is 4.79 Å². The van der Waals surface area contributed by atoms with Crippen LogP contribution in [0.1, 0.15) is 32.4 Å². The average Bonchev–Trinajstić information content (AvgIpc) is 2.89. The van der Waals surface area contributed by atoms with Crippen molar-refractivity contribution in [2.75, 3.05) is 0 Å². The average molecular weight is 303 g/mol. The summed E-state index contributed by atoms with van der Waals surface area (Å²) in [6, 6.07) is 3.57. The summed E-state index contributed by atoms with van der Waals surface area (Å²) in [6.45, 7) is 4.02. The molecular weight excluding hydrogens is 288 g/mol. The normalized spacial score (nSPS) is 17.5. The standard InChI is InChI=1S/C16H15F2N3O/c1-16(2)7-10(5-11(22)8-16)15-14(19-21-20-15)9-3-4-12(17)13(18)6-9/h3-6H,7-8H2,1-2H3,(H,19,20,21). The van der Waals surface area contributed by atoms with E-state index in [0.29, 0.717) is 29.8 Å². The van der Waals surface area contributed by atoms with Crippen LogP contribution in [0.5, 0.6) is 0 Å². The van der Waals surface area contributed by atoms with E-state index in [1.165, 1.54) is 6.07 Å². The highest BCUT2D eigenvalue weighted by atomic mass is 19.2. The zero-order valence-corrected chi connectivity index (χ0v) is 12.3. The molecule has 0 amide bonds. The van der Waals surface area contributed by atoms with Gasteiger partial charge in [0, 0.05) is 12.0 Å². The van der Waals surface area contributed by atoms with Gasteiger partial charge in [0.25, 0.3) is 0 Å². The minimum absolute atomic E-state index is 0.0329. The molecule has 1 aliphatic carbocycles. The zero-order valence-electron chi connectivity index (χ0n) is 12.3. The molecule has 0 aliphatic heterocycles. The molecule has 22 heavy (non-hydrogen) atoms. The van der Waals surface area contributed by atoms with Gasteiger partial charge < -0.3 is 0 Å². The number of nitrogens with zero attached hydrogens (tertiary/aromatic N) is 2. The Labute approximate surface area is 126 Å². The van der Waals surface area contributed by atoms with Gasteiger partial charge in [0.15, 0.2) is 17.4 Å². The number of aromatic amines is 1. The highest BCUT2D eigenvalue weighted by molar-refractivity contribution is 5.99. The monoisotopic (exact) mass is 303 g/mol. The molecule has 0 saturated heterocycles. The number of carbonyl (C=O) groups is 1. The van der Waals surface area contributed by atoms with Crippen molar-refractivity contribution in [2.45, 2.75) is 26.7 Å². The summed E-state index contributed by atoms with van der Waals surface area (Å²) in [5.41, 5.74) is 1.93. The van der Waals surface area contributed by atoms with E-state index in [1.807, 2.05) is 13.8 Å². The van der Waals surface area contributed by atoms with Gasteiger partial charge in [-0.05, 0) is 41.7 Å². The van der Waals surface area contributed by atoms with Crippen molar-refractivity contribution in [1.29, 1.82) is 0 Å². The smallest absolute Gasteiger partial charge is 0.159 e. The van der Waals surface area contributed by atoms with Gasteiger partial charge in [-0.15, -0.1) is 0 Å². The molecular formula is C16H15F2N3O. The lowest BCUT2D eigenvalue weighted by Crippen LogP contribution is -2.21. The van der Waals surface area contributed by atoms with E-state index in [9.17, 15) is 13.6 Å². The van der Waals surface area contributed by atoms with Crippen molar-refractivity contribution in [1.82, 2.24) is 15.4 Å². The Kier molecular flexibility index (Phi) is 3.39. The largest absolute Gasteiger partial charge is 0.295 e. The molecule has 2 aromatic rings. The lowest BCUT2D eigenvalue weighted by atomic mass is 9.75. The number of nitrogens with one attached hydrogen (secondary N) is 1. The summed E-state index contributed by atoms with van der Waals surface area (Å²) in [5, 5.41) is 10.6. The molecule has 4 nitrogen and oxygen atoms in total. The number of rotatable bonds is 2. The lowest BCUT2D eigenvalue weighted by molar-refractivity contribution is -0.116. The summed E-state index contributed by atoms with van der Waals surface area (Å²) >= 11 is 0. The molecule has 1 aliphatic rings. The van der Waals surface area contributed by atoms with Crippen molar-refractivity contribution < 1.29 is 13.6 Å². The number of hydrogen-bond donors (Lipinski definition) is 1. The predicted octanol–water partition coefficient (Wildman–Crippen LogP) is 3.52. The van der Waals surface area contributed by atoms with Crippen LogP contribution in [0.4, 0.5) is 8.78 Å². The van der Waals surface area contributed by atoms with Gasteiger partial charge >= 0.3 is 0 Å². The molecule has 1 aromatic heterocycles. The van der Waals surface area contributed by atoms with E-state index >= 15 is 0 Å². The summed E-state index contributed by atoms with van der Waals surface area (Å²) in [6.07, 6.45) is 2.71. The second kappa shape index (κ2) is 5.12. The van der Waals surface area contributed by atoms with E-state index in [1.54, 1.807) is 6.08 Å². The third kappa shape index (κ3) is 2.68. The number of hydrogen-bond acceptors (Lipinski definition) is 3. The molecule has 1 N–H and O–H groups in total. The summed E-state index contributed by atoms with van der Waals surface area (Å²) in [7, 11) is 0. The Bertz CT molecular complexity index is 777. The number of carbonyl (C=O) groups excluding carboxylic acids is 1. The van der Waals surface area contributed by atoms with Crippen LogP contribution in [-0.4, -0.2) is 21.2 Å². The molecule has 0 atom stereocenters. The summed E-state index contributed by atoms with van der Waals surface area (Å²) in [5.74, 6) is -1.83. The van der Waals surface area contributed by atoms with Gasteiger partial charge in [-0.2, -0.15) is 15.4 Å². The van der Waals surface area contributed by atoms with Crippen molar-refractivity contribution in [2.24, 2.45) is 5.41 Å². The molecule has 0 unspecified atom stereocenters. The van der Waals surface area contributed by atoms with Gasteiger partial charge in [0.2, 0.25) is 0 Å². The number of allylic oxidation sites excluding steroid dienone is 2. The fourth-order valence-corrected chi connectivity index (χ4v) is 2.80. The maximum absolute atomic E-state index is 13.4. The van der Waals surface area contributed by atoms with Crippen molar-refractivity contribution in [3.63, 3.8) is 0 Å². The molecule has 1 heterocycles. The topological polar surface area (TPSA) is 58.6 Å². The maximum Gasteiger partial charge on any atom is 0.159 e. The Balaban J connectivity index is 2.06. The Hall–Kier alpha value is -2.37. The highest BCUT2D eigenvalue weighted by Gasteiger charge is 2.30. The first-order valence-electron chi connectivity index (χ1n) is 6.96. The maximum atomic E-state index is 13.4. The molecule has 0 spiro atoms. The van der Waals surface area contributed by atoms with E-state index in [-0.39, 0.29) is 11.2 Å². The first-order valence-corrected chi connectivity index (χ1v) is 6.96. The number of H-pyrrole nitrogens is 1. The van der Waals surface area contributed by atoms with Crippen LogP contribution in [0.2, 0.25) is 0 Å². The van der Waals surface area contributed by atoms with Crippen LogP contribution < -0.4 is 0 Å². The quantitative estimate of drug-likeness (QED) is 0.923. The minimum Gasteiger partial charge on any atom is -0.295 e. The summed E-state index contributed by atoms with van der Waals surface area (Å²) < 4.78 is 26.5. The molecule has 1 aromatic carbocycles. The molecule has 0 radical (unpaired) electrons. The van der Waals surface area contributed by atoms with E-state index < -0.39 is 11.6 Å². The third-order valence-corrected chi connectivity index (χ3v) is 3.70. The first-order chi connectivity index (χ1) is 10.4. The minimum atomic E-state index is -0.944. The molecule has 6 heteroatoms. The van der Waals surface area contributed by atoms with E-state index in [0.717, 1.165) is 17.7 Å². The molecule has 0 saturated carbocycles. The molecule has 0 fully saturated rings. The number of ketones is 1. The predicted molar refractivity (Wildman–Crippen MR) is 77.7 cm³/mol. The van der Waals surface area contributed by atoms with Gasteiger partial charge in [-0.3, -0.25) is 4.79 Å². The lowest BCUT2D eigenvalue weighted by Gasteiger charge is -2.28. The van der Waals surface area contributed by atoms with Gasteiger partial charge in [-0.1, -0.05) is 13.8 Å². The van der Waals surface area contributed by atoms with Crippen molar-refractivity contribution in [3.05, 3.63) is 41.6 Å². The van der Waals surface area contributed by atoms with Crippen molar-refractivity contribution in [3.8, 4) is 11.3 Å². The van der Waals surface area contributed by atoms with Gasteiger partial charge in [-0.25, -0.2) is 8.78 Å². The fraction of sp³-hybridized carbons (Fsp3) is 0.312. The number of halogens is 2. The van der Waals surface area contributed by atoms with Crippen LogP contribution in [0, 0.1) is 17.0 Å². The number of benzene rings is 1. The molecule has 114 valence electrons. The molecule has 3 rings (SSSR count). The zero-order chi connectivity index (χ0) is 15.9. The second-order valence-corrected chi connectivity index (χ2v) is 6.30. The van der Waals surface area contributed by atoms with E-state index in [4.69, 9.17) is 0 Å². The van der Waals surface area contributed by atoms with Crippen LogP contribution in [0.25, 0.3) is 16.8 Å². The highest BCUT2D eigenvalue weighted by Crippen LogP contribution is 2.39. The summed E-state index contributed by atoms with van der Waals surface area (Å²) in [4.78, 5) is 11.9. The SMILES string of the molecule is CC1(C)CC(=O)C=C(c2n[nH]nc2-c2ccc(F)c(F)c2)C1. The van der Waals surface area contributed by atoms with Crippen LogP contribution >= 0.6 is 0 Å². The second-order valence-electron chi connectivity index (χ2n) is 6.30. The molecule has 0 bridgehead atoms. The first kappa shape index (κ1) is 14.6. The van der Waals surface area contributed by atoms with Crippen LogP contribution in [0.3, 0.4) is 0 Å². The van der Waals surface area contributed by atoms with Crippen molar-refractivity contribution >= 4 is 11.4 Å². The van der Waals surface area contributed by atoms with Gasteiger partial charge in [0.1, 0.15) is 11.4 Å². The third-order valence-electron chi connectivity index (χ3n) is 3.70. The van der Waals surface area contributed by atoms with Crippen LogP contribution in [0.15, 0.2) is 24.3 Å². The Morgan fingerprint density at radius 3 is 2.50 bits per heavy atom. The van der Waals surface area contributed by atoms with Gasteiger partial charge in [0.05, 0.1) is 0 Å². The Morgan fingerprint density at radius 1 is 1.09 bits per heavy atom. The fourth-order valence-electron chi connectivity index (χ4n) is 2.80. The van der Waals surface area contributed by atoms with E-state index in [2.05, 4.69) is 15.4 Å². The number of aromatic nitrogens is 3. The Morgan fingerprint density at radius 2 is 1.82 bits per heavy atom.